The molecule has 1 amide bonds. The van der Waals surface area contributed by atoms with E-state index in [2.05, 4.69) is 19.2 Å². The van der Waals surface area contributed by atoms with Gasteiger partial charge in [-0.2, -0.15) is 4.31 Å². The maximum atomic E-state index is 12.8. The van der Waals surface area contributed by atoms with Crippen LogP contribution in [0.25, 0.3) is 0 Å². The van der Waals surface area contributed by atoms with Gasteiger partial charge >= 0.3 is 0 Å². The van der Waals surface area contributed by atoms with Crippen molar-refractivity contribution in [3.05, 3.63) is 18.0 Å². The molecular formula is C18H29N3O4S. The maximum absolute atomic E-state index is 12.8. The second-order valence-corrected chi connectivity index (χ2v) is 9.47. The molecule has 1 aromatic rings. The number of nitrogens with zero attached hydrogens (tertiary/aromatic N) is 2. The average molecular weight is 384 g/mol. The summed E-state index contributed by atoms with van der Waals surface area (Å²) in [5, 5.41) is 3.11. The lowest BCUT2D eigenvalue weighted by atomic mass is 9.78. The van der Waals surface area contributed by atoms with Crippen LogP contribution >= 0.6 is 0 Å². The molecule has 0 radical (unpaired) electrons. The van der Waals surface area contributed by atoms with Crippen molar-refractivity contribution in [2.24, 2.45) is 18.9 Å². The van der Waals surface area contributed by atoms with Gasteiger partial charge in [-0.05, 0) is 24.3 Å². The number of aryl methyl sites for hydroxylation is 1. The topological polar surface area (TPSA) is 80.6 Å². The molecule has 8 heteroatoms. The van der Waals surface area contributed by atoms with Crippen LogP contribution in [0.1, 0.15) is 43.6 Å². The maximum Gasteiger partial charge on any atom is 0.268 e. The fourth-order valence-electron chi connectivity index (χ4n) is 3.87. The van der Waals surface area contributed by atoms with Crippen molar-refractivity contribution in [3.8, 4) is 0 Å². The van der Waals surface area contributed by atoms with Crippen LogP contribution in [0.15, 0.2) is 17.2 Å². The molecule has 1 aromatic heterocycles. The third-order valence-corrected chi connectivity index (χ3v) is 7.71. The van der Waals surface area contributed by atoms with Crippen molar-refractivity contribution in [2.45, 2.75) is 44.0 Å². The molecule has 2 aliphatic rings. The van der Waals surface area contributed by atoms with E-state index in [4.69, 9.17) is 4.74 Å². The Morgan fingerprint density at radius 2 is 1.92 bits per heavy atom. The number of amides is 1. The first-order valence-electron chi connectivity index (χ1n) is 9.36. The number of morpholine rings is 1. The van der Waals surface area contributed by atoms with Crippen molar-refractivity contribution in [1.29, 1.82) is 0 Å². The first kappa shape index (κ1) is 19.4. The zero-order valence-corrected chi connectivity index (χ0v) is 16.6. The molecule has 0 spiro atoms. The number of rotatable bonds is 4. The molecule has 3 rings (SSSR count). The minimum absolute atomic E-state index is 0.139. The number of hydrogen-bond donors (Lipinski definition) is 1. The van der Waals surface area contributed by atoms with Gasteiger partial charge in [-0.25, -0.2) is 8.42 Å². The zero-order valence-electron chi connectivity index (χ0n) is 15.8. The molecule has 1 saturated heterocycles. The number of aromatic nitrogens is 1. The van der Waals surface area contributed by atoms with Crippen molar-refractivity contribution < 1.29 is 17.9 Å². The fourth-order valence-corrected chi connectivity index (χ4v) is 5.34. The molecule has 146 valence electrons. The van der Waals surface area contributed by atoms with E-state index in [1.165, 1.54) is 23.0 Å². The minimum Gasteiger partial charge on any atom is -0.379 e. The Hall–Kier alpha value is -1.38. The fraction of sp³-hybridized carbons (Fsp3) is 0.722. The molecule has 0 bridgehead atoms. The molecule has 3 atom stereocenters. The SMILES string of the molecule is C[C@@H]1[C@H](C)CCC[C@@H]1NC(=O)c1cc(S(=O)(=O)N2CCOCC2)cn1C. The molecule has 2 fully saturated rings. The summed E-state index contributed by atoms with van der Waals surface area (Å²) >= 11 is 0. The second-order valence-electron chi connectivity index (χ2n) is 7.54. The van der Waals surface area contributed by atoms with E-state index >= 15 is 0 Å². The van der Waals surface area contributed by atoms with Gasteiger partial charge in [0.2, 0.25) is 10.0 Å². The monoisotopic (exact) mass is 383 g/mol. The molecular weight excluding hydrogens is 354 g/mol. The zero-order chi connectivity index (χ0) is 18.9. The summed E-state index contributed by atoms with van der Waals surface area (Å²) in [6.07, 6.45) is 4.80. The van der Waals surface area contributed by atoms with Gasteiger partial charge < -0.3 is 14.6 Å². The van der Waals surface area contributed by atoms with E-state index in [1.807, 2.05) is 0 Å². The molecule has 26 heavy (non-hydrogen) atoms. The molecule has 1 N–H and O–H groups in total. The average Bonchev–Trinajstić information content (AvgIpc) is 3.02. The number of nitrogens with one attached hydrogen (secondary N) is 1. The van der Waals surface area contributed by atoms with E-state index in [1.54, 1.807) is 11.6 Å². The first-order chi connectivity index (χ1) is 12.3. The third kappa shape index (κ3) is 3.82. The molecule has 0 aromatic carbocycles. The highest BCUT2D eigenvalue weighted by atomic mass is 32.2. The quantitative estimate of drug-likeness (QED) is 0.856. The van der Waals surface area contributed by atoms with Gasteiger partial charge in [0, 0.05) is 32.4 Å². The Morgan fingerprint density at radius 1 is 1.23 bits per heavy atom. The Kier molecular flexibility index (Phi) is 5.74. The van der Waals surface area contributed by atoms with E-state index in [0.717, 1.165) is 12.8 Å². The van der Waals surface area contributed by atoms with Crippen molar-refractivity contribution in [2.75, 3.05) is 26.3 Å². The molecule has 2 heterocycles. The van der Waals surface area contributed by atoms with E-state index in [0.29, 0.717) is 43.8 Å². The Bertz CT molecular complexity index is 752. The van der Waals surface area contributed by atoms with E-state index in [9.17, 15) is 13.2 Å². The van der Waals surface area contributed by atoms with Crippen LogP contribution in [0.3, 0.4) is 0 Å². The summed E-state index contributed by atoms with van der Waals surface area (Å²) in [6, 6.07) is 1.62. The van der Waals surface area contributed by atoms with Crippen LogP contribution in [0, 0.1) is 11.8 Å². The third-order valence-electron chi connectivity index (χ3n) is 5.84. The molecule has 1 saturated carbocycles. The van der Waals surface area contributed by atoms with Gasteiger partial charge in [0.1, 0.15) is 10.6 Å². The molecule has 0 unspecified atom stereocenters. The Labute approximate surface area is 155 Å². The first-order valence-corrected chi connectivity index (χ1v) is 10.8. The summed E-state index contributed by atoms with van der Waals surface area (Å²) in [4.78, 5) is 12.9. The normalized spacial score (nSPS) is 28.0. The van der Waals surface area contributed by atoms with Crippen LogP contribution in [0.5, 0.6) is 0 Å². The largest absolute Gasteiger partial charge is 0.379 e. The van der Waals surface area contributed by atoms with Crippen LogP contribution < -0.4 is 5.32 Å². The van der Waals surface area contributed by atoms with Gasteiger partial charge in [0.15, 0.2) is 0 Å². The summed E-state index contributed by atoms with van der Waals surface area (Å²) in [7, 11) is -1.89. The lowest BCUT2D eigenvalue weighted by Crippen LogP contribution is -2.44. The van der Waals surface area contributed by atoms with Crippen LogP contribution in [-0.2, 0) is 21.8 Å². The summed E-state index contributed by atoms with van der Waals surface area (Å²) in [5.41, 5.74) is 0.377. The van der Waals surface area contributed by atoms with Gasteiger partial charge in [-0.3, -0.25) is 4.79 Å². The predicted molar refractivity (Wildman–Crippen MR) is 98.4 cm³/mol. The Balaban J connectivity index is 1.76. The van der Waals surface area contributed by atoms with Crippen LogP contribution in [0.4, 0.5) is 0 Å². The lowest BCUT2D eigenvalue weighted by Gasteiger charge is -2.34. The number of carbonyl (C=O) groups is 1. The molecule has 1 aliphatic carbocycles. The highest BCUT2D eigenvalue weighted by molar-refractivity contribution is 7.89. The van der Waals surface area contributed by atoms with E-state index in [-0.39, 0.29) is 16.8 Å². The summed E-state index contributed by atoms with van der Waals surface area (Å²) in [5.74, 6) is 0.797. The smallest absolute Gasteiger partial charge is 0.268 e. The predicted octanol–water partition coefficient (Wildman–Crippen LogP) is 1.60. The summed E-state index contributed by atoms with van der Waals surface area (Å²) in [6.45, 7) is 5.88. The highest BCUT2D eigenvalue weighted by Crippen LogP contribution is 2.30. The number of sulfonamides is 1. The number of hydrogen-bond acceptors (Lipinski definition) is 4. The lowest BCUT2D eigenvalue weighted by molar-refractivity contribution is 0.0730. The van der Waals surface area contributed by atoms with Crippen LogP contribution in [0.2, 0.25) is 0 Å². The van der Waals surface area contributed by atoms with Gasteiger partial charge in [-0.15, -0.1) is 0 Å². The highest BCUT2D eigenvalue weighted by Gasteiger charge is 2.31. The number of ether oxygens (including phenoxy) is 1. The second kappa shape index (κ2) is 7.70. The molecule has 7 nitrogen and oxygen atoms in total. The standard InChI is InChI=1S/C18H29N3O4S/c1-13-5-4-6-16(14(13)2)19-18(22)17-11-15(12-20(17)3)26(23,24)21-7-9-25-10-8-21/h11-14,16H,4-10H2,1-3H3,(H,19,22)/t13-,14-,16+/m1/s1. The van der Waals surface area contributed by atoms with Crippen molar-refractivity contribution >= 4 is 15.9 Å². The van der Waals surface area contributed by atoms with Gasteiger partial charge in [0.05, 0.1) is 13.2 Å². The molecule has 1 aliphatic heterocycles. The van der Waals surface area contributed by atoms with Crippen molar-refractivity contribution in [1.82, 2.24) is 14.2 Å². The van der Waals surface area contributed by atoms with E-state index < -0.39 is 10.0 Å². The van der Waals surface area contributed by atoms with Crippen molar-refractivity contribution in [3.63, 3.8) is 0 Å². The minimum atomic E-state index is -3.60. The van der Waals surface area contributed by atoms with Gasteiger partial charge in [-0.1, -0.05) is 26.7 Å². The Morgan fingerprint density at radius 3 is 2.62 bits per heavy atom. The van der Waals surface area contributed by atoms with Crippen LogP contribution in [-0.4, -0.2) is 55.5 Å². The number of carbonyl (C=O) groups excluding carboxylic acids is 1. The van der Waals surface area contributed by atoms with Gasteiger partial charge in [0.25, 0.3) is 5.91 Å². The summed E-state index contributed by atoms with van der Waals surface area (Å²) < 4.78 is 33.8.